The first-order valence-electron chi connectivity index (χ1n) is 4.44. The quantitative estimate of drug-likeness (QED) is 0.671. The van der Waals surface area contributed by atoms with E-state index in [-0.39, 0.29) is 0 Å². The van der Waals surface area contributed by atoms with Gasteiger partial charge >= 0.3 is 0 Å². The number of benzene rings is 1. The van der Waals surface area contributed by atoms with E-state index < -0.39 is 0 Å². The Balaban J connectivity index is 2.74. The number of nitrogen functional groups attached to an aromatic ring is 1. The predicted molar refractivity (Wildman–Crippen MR) is 55.5 cm³/mol. The number of nitrogens with two attached hydrogens (primary N) is 1. The molecule has 2 nitrogen and oxygen atoms in total. The number of fused-ring (bicyclic) bond motifs is 1. The molecule has 13 heavy (non-hydrogen) atoms. The van der Waals surface area contributed by atoms with Crippen LogP contribution in [0, 0.1) is 0 Å². The lowest BCUT2D eigenvalue weighted by atomic mass is 10.1. The van der Waals surface area contributed by atoms with Gasteiger partial charge in [-0.1, -0.05) is 13.0 Å². The van der Waals surface area contributed by atoms with E-state index in [0.717, 1.165) is 23.0 Å². The molecule has 1 aromatic heterocycles. The number of rotatable bonds is 1. The van der Waals surface area contributed by atoms with Gasteiger partial charge in [-0.2, -0.15) is 0 Å². The highest BCUT2D eigenvalue weighted by atomic mass is 14.7. The van der Waals surface area contributed by atoms with Crippen molar-refractivity contribution in [1.29, 1.82) is 0 Å². The number of hydrogen-bond donors (Lipinski definition) is 1. The SMILES string of the molecule is CCc1cc2ncccc2cc1N. The molecule has 0 bridgehead atoms. The lowest BCUT2D eigenvalue weighted by Crippen LogP contribution is -1.93. The van der Waals surface area contributed by atoms with Gasteiger partial charge in [-0.25, -0.2) is 0 Å². The lowest BCUT2D eigenvalue weighted by Gasteiger charge is -2.04. The molecule has 0 radical (unpaired) electrons. The normalized spacial score (nSPS) is 10.5. The minimum absolute atomic E-state index is 0.864. The fourth-order valence-corrected chi connectivity index (χ4v) is 1.49. The Hall–Kier alpha value is -1.57. The van der Waals surface area contributed by atoms with Crippen LogP contribution in [0.4, 0.5) is 5.69 Å². The Morgan fingerprint density at radius 2 is 2.23 bits per heavy atom. The molecule has 0 aliphatic heterocycles. The third-order valence-corrected chi connectivity index (χ3v) is 2.24. The van der Waals surface area contributed by atoms with Crippen LogP contribution >= 0.6 is 0 Å². The summed E-state index contributed by atoms with van der Waals surface area (Å²) >= 11 is 0. The van der Waals surface area contributed by atoms with Gasteiger partial charge < -0.3 is 5.73 Å². The van der Waals surface area contributed by atoms with Gasteiger partial charge in [0.15, 0.2) is 0 Å². The van der Waals surface area contributed by atoms with E-state index in [9.17, 15) is 0 Å². The Labute approximate surface area is 77.4 Å². The average Bonchev–Trinajstić information content (AvgIpc) is 2.17. The van der Waals surface area contributed by atoms with Crippen LogP contribution < -0.4 is 5.73 Å². The minimum Gasteiger partial charge on any atom is -0.398 e. The van der Waals surface area contributed by atoms with Crippen LogP contribution in [0.15, 0.2) is 30.5 Å². The molecule has 2 N–H and O–H groups in total. The predicted octanol–water partition coefficient (Wildman–Crippen LogP) is 2.38. The van der Waals surface area contributed by atoms with E-state index in [1.807, 2.05) is 18.2 Å². The number of aromatic nitrogens is 1. The van der Waals surface area contributed by atoms with Crippen molar-refractivity contribution < 1.29 is 0 Å². The molecule has 0 fully saturated rings. The summed E-state index contributed by atoms with van der Waals surface area (Å²) in [6.45, 7) is 2.10. The third-order valence-electron chi connectivity index (χ3n) is 2.24. The summed E-state index contributed by atoms with van der Waals surface area (Å²) in [6, 6.07) is 8.00. The van der Waals surface area contributed by atoms with Crippen LogP contribution in [0.3, 0.4) is 0 Å². The van der Waals surface area contributed by atoms with Gasteiger partial charge in [0.2, 0.25) is 0 Å². The van der Waals surface area contributed by atoms with Crippen molar-refractivity contribution >= 4 is 16.6 Å². The smallest absolute Gasteiger partial charge is 0.0706 e. The van der Waals surface area contributed by atoms with Gasteiger partial charge in [0.05, 0.1) is 5.52 Å². The van der Waals surface area contributed by atoms with Crippen LogP contribution in [0.5, 0.6) is 0 Å². The maximum atomic E-state index is 5.87. The number of hydrogen-bond acceptors (Lipinski definition) is 2. The van der Waals surface area contributed by atoms with E-state index in [1.165, 1.54) is 5.56 Å². The lowest BCUT2D eigenvalue weighted by molar-refractivity contribution is 1.15. The van der Waals surface area contributed by atoms with E-state index in [2.05, 4.69) is 18.0 Å². The summed E-state index contributed by atoms with van der Waals surface area (Å²) in [5.41, 5.74) is 8.93. The number of nitrogens with zero attached hydrogens (tertiary/aromatic N) is 1. The molecule has 0 saturated heterocycles. The molecular weight excluding hydrogens is 160 g/mol. The van der Waals surface area contributed by atoms with Crippen LogP contribution in [-0.2, 0) is 6.42 Å². The highest BCUT2D eigenvalue weighted by molar-refractivity contribution is 5.83. The first-order valence-corrected chi connectivity index (χ1v) is 4.44. The molecule has 0 aliphatic carbocycles. The summed E-state index contributed by atoms with van der Waals surface area (Å²) < 4.78 is 0. The molecule has 1 aromatic carbocycles. The highest BCUT2D eigenvalue weighted by Gasteiger charge is 1.99. The van der Waals surface area contributed by atoms with Crippen molar-refractivity contribution in [2.75, 3.05) is 5.73 Å². The first kappa shape index (κ1) is 8.05. The molecule has 2 rings (SSSR count). The average molecular weight is 172 g/mol. The summed E-state index contributed by atoms with van der Waals surface area (Å²) in [7, 11) is 0. The first-order chi connectivity index (χ1) is 6.31. The summed E-state index contributed by atoms with van der Waals surface area (Å²) in [6.07, 6.45) is 2.76. The van der Waals surface area contributed by atoms with Crippen LogP contribution in [0.2, 0.25) is 0 Å². The van der Waals surface area contributed by atoms with E-state index in [4.69, 9.17) is 5.73 Å². The van der Waals surface area contributed by atoms with Gasteiger partial charge in [-0.05, 0) is 30.2 Å². The molecule has 1 heterocycles. The van der Waals surface area contributed by atoms with Gasteiger partial charge in [0, 0.05) is 17.3 Å². The van der Waals surface area contributed by atoms with Crippen molar-refractivity contribution in [2.45, 2.75) is 13.3 Å². The monoisotopic (exact) mass is 172 g/mol. The molecule has 2 aromatic rings. The van der Waals surface area contributed by atoms with Crippen LogP contribution in [0.25, 0.3) is 10.9 Å². The Bertz CT molecular complexity index is 435. The zero-order chi connectivity index (χ0) is 9.26. The maximum Gasteiger partial charge on any atom is 0.0706 e. The van der Waals surface area contributed by atoms with Crippen molar-refractivity contribution in [3.63, 3.8) is 0 Å². The van der Waals surface area contributed by atoms with Crippen molar-refractivity contribution in [3.8, 4) is 0 Å². The van der Waals surface area contributed by atoms with Crippen LogP contribution in [-0.4, -0.2) is 4.98 Å². The summed E-state index contributed by atoms with van der Waals surface area (Å²) in [5, 5.41) is 1.11. The Kier molecular flexibility index (Phi) is 1.89. The molecule has 0 unspecified atom stereocenters. The van der Waals surface area contributed by atoms with E-state index >= 15 is 0 Å². The fourth-order valence-electron chi connectivity index (χ4n) is 1.49. The Morgan fingerprint density at radius 3 is 3.00 bits per heavy atom. The molecule has 66 valence electrons. The number of anilines is 1. The fraction of sp³-hybridized carbons (Fsp3) is 0.182. The second-order valence-electron chi connectivity index (χ2n) is 3.10. The van der Waals surface area contributed by atoms with Gasteiger partial charge in [0.1, 0.15) is 0 Å². The summed E-state index contributed by atoms with van der Waals surface area (Å²) in [4.78, 5) is 4.28. The second-order valence-corrected chi connectivity index (χ2v) is 3.10. The van der Waals surface area contributed by atoms with Crippen LogP contribution in [0.1, 0.15) is 12.5 Å². The molecular formula is C11H12N2. The molecule has 0 saturated carbocycles. The molecule has 0 amide bonds. The molecule has 0 spiro atoms. The number of aryl methyl sites for hydroxylation is 1. The maximum absolute atomic E-state index is 5.87. The Morgan fingerprint density at radius 1 is 1.38 bits per heavy atom. The van der Waals surface area contributed by atoms with E-state index in [0.29, 0.717) is 0 Å². The van der Waals surface area contributed by atoms with Crippen molar-refractivity contribution in [2.24, 2.45) is 0 Å². The van der Waals surface area contributed by atoms with Gasteiger partial charge in [0.25, 0.3) is 0 Å². The van der Waals surface area contributed by atoms with Crippen molar-refractivity contribution in [3.05, 3.63) is 36.0 Å². The van der Waals surface area contributed by atoms with Gasteiger partial charge in [-0.15, -0.1) is 0 Å². The standard InChI is InChI=1S/C11H12N2/c1-2-8-7-11-9(6-10(8)12)4-3-5-13-11/h3-7H,2,12H2,1H3. The van der Waals surface area contributed by atoms with E-state index in [1.54, 1.807) is 6.20 Å². The minimum atomic E-state index is 0.864. The largest absolute Gasteiger partial charge is 0.398 e. The molecule has 0 atom stereocenters. The molecule has 2 heteroatoms. The topological polar surface area (TPSA) is 38.9 Å². The number of pyridine rings is 1. The highest BCUT2D eigenvalue weighted by Crippen LogP contribution is 2.20. The van der Waals surface area contributed by atoms with Gasteiger partial charge in [-0.3, -0.25) is 4.98 Å². The summed E-state index contributed by atoms with van der Waals surface area (Å²) in [5.74, 6) is 0. The zero-order valence-corrected chi connectivity index (χ0v) is 7.62. The molecule has 0 aliphatic rings. The second kappa shape index (κ2) is 3.05. The third kappa shape index (κ3) is 1.35. The van der Waals surface area contributed by atoms with Crippen molar-refractivity contribution in [1.82, 2.24) is 4.98 Å². The zero-order valence-electron chi connectivity index (χ0n) is 7.62.